The Morgan fingerprint density at radius 1 is 1.82 bits per heavy atom. The van der Waals surface area contributed by atoms with Crippen molar-refractivity contribution in [2.75, 3.05) is 0 Å². The van der Waals surface area contributed by atoms with E-state index in [0.717, 1.165) is 0 Å². The van der Waals surface area contributed by atoms with Crippen LogP contribution in [0.5, 0.6) is 0 Å². The van der Waals surface area contributed by atoms with Gasteiger partial charge in [0.1, 0.15) is 6.26 Å². The lowest BCUT2D eigenvalue weighted by Crippen LogP contribution is -1.99. The number of nitrogens with zero attached hydrogens (tertiary/aromatic N) is 1. The second kappa shape index (κ2) is 3.52. The Balaban J connectivity index is 2.65. The molecule has 0 fully saturated rings. The van der Waals surface area contributed by atoms with Crippen molar-refractivity contribution in [1.82, 2.24) is 4.98 Å². The normalized spacial score (nSPS) is 9.91. The SMILES string of the molecule is O=C(O)Cc1coc(CBr)n1. The van der Waals surface area contributed by atoms with E-state index in [-0.39, 0.29) is 6.42 Å². The zero-order valence-corrected chi connectivity index (χ0v) is 7.17. The zero-order chi connectivity index (χ0) is 8.27. The molecule has 0 spiro atoms. The van der Waals surface area contributed by atoms with E-state index in [0.29, 0.717) is 16.9 Å². The maximum Gasteiger partial charge on any atom is 0.309 e. The Morgan fingerprint density at radius 2 is 2.55 bits per heavy atom. The highest BCUT2D eigenvalue weighted by atomic mass is 79.9. The van der Waals surface area contributed by atoms with Crippen LogP contribution in [-0.2, 0) is 16.5 Å². The molecule has 0 aliphatic rings. The van der Waals surface area contributed by atoms with Crippen LogP contribution in [0.2, 0.25) is 0 Å². The monoisotopic (exact) mass is 219 g/mol. The summed E-state index contributed by atoms with van der Waals surface area (Å²) in [4.78, 5) is 14.0. The summed E-state index contributed by atoms with van der Waals surface area (Å²) in [6.07, 6.45) is 1.27. The van der Waals surface area contributed by atoms with E-state index < -0.39 is 5.97 Å². The van der Waals surface area contributed by atoms with Gasteiger partial charge in [-0.25, -0.2) is 4.98 Å². The van der Waals surface area contributed by atoms with Crippen LogP contribution < -0.4 is 0 Å². The molecule has 1 N–H and O–H groups in total. The van der Waals surface area contributed by atoms with Gasteiger partial charge < -0.3 is 9.52 Å². The van der Waals surface area contributed by atoms with Crippen LogP contribution in [-0.4, -0.2) is 16.1 Å². The van der Waals surface area contributed by atoms with E-state index in [1.54, 1.807) is 0 Å². The van der Waals surface area contributed by atoms with Gasteiger partial charge in [0.2, 0.25) is 5.89 Å². The second-order valence-corrected chi connectivity index (χ2v) is 2.50. The number of carboxylic acids is 1. The van der Waals surface area contributed by atoms with Crippen LogP contribution in [0.4, 0.5) is 0 Å². The van der Waals surface area contributed by atoms with Crippen LogP contribution in [0.25, 0.3) is 0 Å². The van der Waals surface area contributed by atoms with Crippen LogP contribution in [0.3, 0.4) is 0 Å². The third kappa shape index (κ3) is 2.34. The summed E-state index contributed by atoms with van der Waals surface area (Å²) < 4.78 is 4.89. The van der Waals surface area contributed by atoms with Gasteiger partial charge in [-0.2, -0.15) is 0 Å². The predicted molar refractivity (Wildman–Crippen MR) is 40.5 cm³/mol. The first-order chi connectivity index (χ1) is 5.22. The fraction of sp³-hybridized carbons (Fsp3) is 0.333. The minimum Gasteiger partial charge on any atom is -0.481 e. The Kier molecular flexibility index (Phi) is 2.64. The minimum atomic E-state index is -0.903. The van der Waals surface area contributed by atoms with E-state index in [1.165, 1.54) is 6.26 Å². The van der Waals surface area contributed by atoms with Crippen molar-refractivity contribution >= 4 is 21.9 Å². The highest BCUT2D eigenvalue weighted by molar-refractivity contribution is 9.08. The predicted octanol–water partition coefficient (Wildman–Crippen LogP) is 1.20. The lowest BCUT2D eigenvalue weighted by atomic mass is 10.3. The van der Waals surface area contributed by atoms with Gasteiger partial charge in [-0.15, -0.1) is 0 Å². The van der Waals surface area contributed by atoms with Gasteiger partial charge in [0, 0.05) is 0 Å². The molecule has 0 atom stereocenters. The topological polar surface area (TPSA) is 63.3 Å². The standard InChI is InChI=1S/C6H6BrNO3/c7-2-5-8-4(3-11-5)1-6(9)10/h3H,1-2H2,(H,9,10). The van der Waals surface area contributed by atoms with Gasteiger partial charge in [0.25, 0.3) is 0 Å². The molecule has 0 saturated carbocycles. The molecule has 0 aromatic carbocycles. The van der Waals surface area contributed by atoms with Crippen molar-refractivity contribution < 1.29 is 14.3 Å². The number of hydrogen-bond donors (Lipinski definition) is 1. The molecule has 1 heterocycles. The maximum atomic E-state index is 10.2. The fourth-order valence-corrected chi connectivity index (χ4v) is 0.904. The lowest BCUT2D eigenvalue weighted by Gasteiger charge is -1.84. The van der Waals surface area contributed by atoms with Crippen molar-refractivity contribution in [1.29, 1.82) is 0 Å². The molecule has 0 amide bonds. The summed E-state index contributed by atoms with van der Waals surface area (Å²) in [5.41, 5.74) is 0.451. The van der Waals surface area contributed by atoms with E-state index in [2.05, 4.69) is 20.9 Å². The van der Waals surface area contributed by atoms with Gasteiger partial charge >= 0.3 is 5.97 Å². The average Bonchev–Trinajstić information content (AvgIpc) is 2.34. The molecular weight excluding hydrogens is 214 g/mol. The largest absolute Gasteiger partial charge is 0.481 e. The van der Waals surface area contributed by atoms with Crippen molar-refractivity contribution in [3.63, 3.8) is 0 Å². The third-order valence-corrected chi connectivity index (χ3v) is 1.53. The van der Waals surface area contributed by atoms with Crippen LogP contribution in [0.15, 0.2) is 10.7 Å². The number of aromatic nitrogens is 1. The first kappa shape index (κ1) is 8.26. The Labute approximate surface area is 71.4 Å². The van der Waals surface area contributed by atoms with Crippen molar-refractivity contribution in [2.24, 2.45) is 0 Å². The highest BCUT2D eigenvalue weighted by Crippen LogP contribution is 2.05. The van der Waals surface area contributed by atoms with Crippen molar-refractivity contribution in [3.05, 3.63) is 17.8 Å². The number of oxazole rings is 1. The molecule has 11 heavy (non-hydrogen) atoms. The Bertz CT molecular complexity index is 258. The summed E-state index contributed by atoms with van der Waals surface area (Å²) in [6, 6.07) is 0. The quantitative estimate of drug-likeness (QED) is 0.777. The number of rotatable bonds is 3. The van der Waals surface area contributed by atoms with Gasteiger partial charge in [-0.1, -0.05) is 15.9 Å². The molecule has 0 radical (unpaired) electrons. The van der Waals surface area contributed by atoms with E-state index >= 15 is 0 Å². The van der Waals surface area contributed by atoms with Gasteiger partial charge in [-0.05, 0) is 0 Å². The van der Waals surface area contributed by atoms with Crippen LogP contribution >= 0.6 is 15.9 Å². The Morgan fingerprint density at radius 3 is 3.00 bits per heavy atom. The number of aliphatic carboxylic acids is 1. The van der Waals surface area contributed by atoms with Crippen LogP contribution in [0, 0.1) is 0 Å². The number of carbonyl (C=O) groups is 1. The average molecular weight is 220 g/mol. The summed E-state index contributed by atoms with van der Waals surface area (Å²) >= 11 is 3.13. The van der Waals surface area contributed by atoms with Gasteiger partial charge in [0.15, 0.2) is 0 Å². The number of halogens is 1. The van der Waals surface area contributed by atoms with Crippen molar-refractivity contribution in [3.8, 4) is 0 Å². The first-order valence-electron chi connectivity index (χ1n) is 2.93. The number of hydrogen-bond acceptors (Lipinski definition) is 3. The molecule has 60 valence electrons. The van der Waals surface area contributed by atoms with Crippen LogP contribution in [0.1, 0.15) is 11.6 Å². The third-order valence-electron chi connectivity index (χ3n) is 1.05. The van der Waals surface area contributed by atoms with Gasteiger partial charge in [-0.3, -0.25) is 4.79 Å². The van der Waals surface area contributed by atoms with E-state index in [4.69, 9.17) is 9.52 Å². The highest BCUT2D eigenvalue weighted by Gasteiger charge is 2.05. The molecule has 1 aromatic rings. The summed E-state index contributed by atoms with van der Waals surface area (Å²) in [5.74, 6) is -0.402. The second-order valence-electron chi connectivity index (χ2n) is 1.94. The van der Waals surface area contributed by atoms with E-state index in [1.807, 2.05) is 0 Å². The maximum absolute atomic E-state index is 10.2. The number of carboxylic acid groups (broad SMARTS) is 1. The fourth-order valence-electron chi connectivity index (χ4n) is 0.646. The molecule has 4 nitrogen and oxygen atoms in total. The summed E-state index contributed by atoms with van der Waals surface area (Å²) in [6.45, 7) is 0. The summed E-state index contributed by atoms with van der Waals surface area (Å²) in [7, 11) is 0. The molecule has 0 saturated heterocycles. The Hall–Kier alpha value is -0.840. The zero-order valence-electron chi connectivity index (χ0n) is 5.58. The minimum absolute atomic E-state index is 0.0868. The molecule has 1 aromatic heterocycles. The van der Waals surface area contributed by atoms with E-state index in [9.17, 15) is 4.79 Å². The molecular formula is C6H6BrNO3. The van der Waals surface area contributed by atoms with Crippen molar-refractivity contribution in [2.45, 2.75) is 11.8 Å². The lowest BCUT2D eigenvalue weighted by molar-refractivity contribution is -0.136. The van der Waals surface area contributed by atoms with Gasteiger partial charge in [0.05, 0.1) is 17.4 Å². The molecule has 5 heteroatoms. The molecule has 0 bridgehead atoms. The molecule has 0 aliphatic heterocycles. The molecule has 0 aliphatic carbocycles. The molecule has 1 rings (SSSR count). The first-order valence-corrected chi connectivity index (χ1v) is 4.05. The summed E-state index contributed by atoms with van der Waals surface area (Å²) in [5, 5.41) is 8.86. The number of alkyl halides is 1. The molecule has 0 unspecified atom stereocenters. The smallest absolute Gasteiger partial charge is 0.309 e.